The van der Waals surface area contributed by atoms with E-state index in [2.05, 4.69) is 20.7 Å². The van der Waals surface area contributed by atoms with Crippen molar-refractivity contribution in [2.24, 2.45) is 5.92 Å². The van der Waals surface area contributed by atoms with E-state index < -0.39 is 0 Å². The van der Waals surface area contributed by atoms with Gasteiger partial charge in [-0.15, -0.1) is 0 Å². The Hall–Kier alpha value is -2.40. The highest BCUT2D eigenvalue weighted by atomic mass is 16.2. The monoisotopic (exact) mass is 310 g/mol. The first kappa shape index (κ1) is 15.5. The van der Waals surface area contributed by atoms with Gasteiger partial charge in [-0.25, -0.2) is 5.43 Å². The SMILES string of the molecule is O=C(NNCc1ccccc1)C1CCN(c2ccncc2)CC1. The molecule has 2 N–H and O–H groups in total. The molecule has 0 saturated carbocycles. The first-order valence-electron chi connectivity index (χ1n) is 8.04. The summed E-state index contributed by atoms with van der Waals surface area (Å²) in [6.45, 7) is 2.45. The molecule has 0 bridgehead atoms. The molecule has 5 nitrogen and oxygen atoms in total. The molecular formula is C18H22N4O. The van der Waals surface area contributed by atoms with E-state index in [1.54, 1.807) is 0 Å². The lowest BCUT2D eigenvalue weighted by Gasteiger charge is -2.32. The minimum atomic E-state index is 0.0800. The van der Waals surface area contributed by atoms with Crippen LogP contribution in [0.2, 0.25) is 0 Å². The van der Waals surface area contributed by atoms with Crippen molar-refractivity contribution >= 4 is 11.6 Å². The van der Waals surface area contributed by atoms with Gasteiger partial charge in [-0.2, -0.15) is 0 Å². The number of benzene rings is 1. The Bertz CT molecular complexity index is 609. The molecule has 2 aromatic rings. The number of nitrogens with zero attached hydrogens (tertiary/aromatic N) is 2. The molecule has 0 radical (unpaired) electrons. The second-order valence-corrected chi connectivity index (χ2v) is 5.80. The standard InChI is InChI=1S/C18H22N4O/c23-18(21-20-14-15-4-2-1-3-5-15)16-8-12-22(13-9-16)17-6-10-19-11-7-17/h1-7,10-11,16,20H,8-9,12-14H2,(H,21,23). The largest absolute Gasteiger partial charge is 0.371 e. The van der Waals surface area contributed by atoms with E-state index in [4.69, 9.17) is 0 Å². The van der Waals surface area contributed by atoms with Gasteiger partial charge < -0.3 is 4.90 Å². The smallest absolute Gasteiger partial charge is 0.237 e. The predicted molar refractivity (Wildman–Crippen MR) is 90.6 cm³/mol. The molecule has 1 aromatic heterocycles. The molecule has 0 spiro atoms. The summed E-state index contributed by atoms with van der Waals surface area (Å²) in [4.78, 5) is 18.6. The number of amides is 1. The maximum Gasteiger partial charge on any atom is 0.237 e. The molecule has 1 aliphatic heterocycles. The summed E-state index contributed by atoms with van der Waals surface area (Å²) < 4.78 is 0. The zero-order valence-electron chi connectivity index (χ0n) is 13.1. The molecule has 23 heavy (non-hydrogen) atoms. The lowest BCUT2D eigenvalue weighted by atomic mass is 9.96. The van der Waals surface area contributed by atoms with E-state index >= 15 is 0 Å². The Morgan fingerprint density at radius 3 is 2.48 bits per heavy atom. The van der Waals surface area contributed by atoms with Crippen LogP contribution in [0.15, 0.2) is 54.9 Å². The number of nitrogens with one attached hydrogen (secondary N) is 2. The number of hydrogen-bond donors (Lipinski definition) is 2. The van der Waals surface area contributed by atoms with Crippen molar-refractivity contribution in [3.63, 3.8) is 0 Å². The minimum Gasteiger partial charge on any atom is -0.371 e. The zero-order valence-corrected chi connectivity index (χ0v) is 13.1. The van der Waals surface area contributed by atoms with Gasteiger partial charge in [-0.05, 0) is 30.5 Å². The van der Waals surface area contributed by atoms with E-state index in [-0.39, 0.29) is 11.8 Å². The maximum atomic E-state index is 12.2. The second kappa shape index (κ2) is 7.74. The highest BCUT2D eigenvalue weighted by Crippen LogP contribution is 2.22. The number of hydrogen-bond acceptors (Lipinski definition) is 4. The Kier molecular flexibility index (Phi) is 5.21. The van der Waals surface area contributed by atoms with Gasteiger partial charge in [0.25, 0.3) is 0 Å². The molecule has 5 heteroatoms. The minimum absolute atomic E-state index is 0.0800. The van der Waals surface area contributed by atoms with Crippen LogP contribution < -0.4 is 15.8 Å². The van der Waals surface area contributed by atoms with Crippen molar-refractivity contribution in [1.82, 2.24) is 15.8 Å². The van der Waals surface area contributed by atoms with Crippen LogP contribution in [0, 0.1) is 5.92 Å². The molecule has 1 aliphatic rings. The zero-order chi connectivity index (χ0) is 15.9. The number of piperidine rings is 1. The Morgan fingerprint density at radius 2 is 1.78 bits per heavy atom. The number of rotatable bonds is 5. The molecule has 0 aliphatic carbocycles. The number of aromatic nitrogens is 1. The molecule has 0 atom stereocenters. The molecule has 120 valence electrons. The number of carbonyl (C=O) groups excluding carboxylic acids is 1. The third-order valence-corrected chi connectivity index (χ3v) is 4.24. The Labute approximate surface area is 136 Å². The van der Waals surface area contributed by atoms with Crippen LogP contribution in [0.3, 0.4) is 0 Å². The van der Waals surface area contributed by atoms with Gasteiger partial charge in [0.2, 0.25) is 5.91 Å². The third-order valence-electron chi connectivity index (χ3n) is 4.24. The molecule has 1 aromatic carbocycles. The summed E-state index contributed by atoms with van der Waals surface area (Å²) in [6, 6.07) is 14.1. The summed E-state index contributed by atoms with van der Waals surface area (Å²) in [5.74, 6) is 0.173. The normalized spacial score (nSPS) is 15.4. The Morgan fingerprint density at radius 1 is 1.09 bits per heavy atom. The average Bonchev–Trinajstić information content (AvgIpc) is 2.63. The molecule has 1 fully saturated rings. The lowest BCUT2D eigenvalue weighted by molar-refractivity contribution is -0.126. The van der Waals surface area contributed by atoms with Crippen LogP contribution in [0.4, 0.5) is 5.69 Å². The molecule has 0 unspecified atom stereocenters. The van der Waals surface area contributed by atoms with Gasteiger partial charge >= 0.3 is 0 Å². The summed E-state index contributed by atoms with van der Waals surface area (Å²) in [7, 11) is 0. The van der Waals surface area contributed by atoms with Crippen molar-refractivity contribution < 1.29 is 4.79 Å². The van der Waals surface area contributed by atoms with E-state index in [1.165, 1.54) is 5.69 Å². The first-order valence-corrected chi connectivity index (χ1v) is 8.04. The van der Waals surface area contributed by atoms with Crippen LogP contribution in [0.5, 0.6) is 0 Å². The Balaban J connectivity index is 1.41. The summed E-state index contributed by atoms with van der Waals surface area (Å²) in [6.07, 6.45) is 5.37. The fourth-order valence-electron chi connectivity index (χ4n) is 2.89. The van der Waals surface area contributed by atoms with Crippen molar-refractivity contribution in [2.75, 3.05) is 18.0 Å². The van der Waals surface area contributed by atoms with Crippen LogP contribution in [0.25, 0.3) is 0 Å². The summed E-state index contributed by atoms with van der Waals surface area (Å²) in [5.41, 5.74) is 8.19. The highest BCUT2D eigenvalue weighted by molar-refractivity contribution is 5.78. The average molecular weight is 310 g/mol. The molecule has 2 heterocycles. The van der Waals surface area contributed by atoms with Crippen molar-refractivity contribution in [1.29, 1.82) is 0 Å². The van der Waals surface area contributed by atoms with Crippen LogP contribution in [-0.2, 0) is 11.3 Å². The predicted octanol–water partition coefficient (Wildman–Crippen LogP) is 2.12. The van der Waals surface area contributed by atoms with E-state index in [0.29, 0.717) is 6.54 Å². The number of pyridine rings is 1. The highest BCUT2D eigenvalue weighted by Gasteiger charge is 2.24. The van der Waals surface area contributed by atoms with E-state index in [0.717, 1.165) is 31.5 Å². The summed E-state index contributed by atoms with van der Waals surface area (Å²) >= 11 is 0. The lowest BCUT2D eigenvalue weighted by Crippen LogP contribution is -2.45. The summed E-state index contributed by atoms with van der Waals surface area (Å²) in [5, 5.41) is 0. The van der Waals surface area contributed by atoms with Crippen LogP contribution in [0.1, 0.15) is 18.4 Å². The molecule has 3 rings (SSSR count). The van der Waals surface area contributed by atoms with Gasteiger partial charge in [0.05, 0.1) is 0 Å². The van der Waals surface area contributed by atoms with Crippen LogP contribution >= 0.6 is 0 Å². The van der Waals surface area contributed by atoms with Gasteiger partial charge in [0.1, 0.15) is 0 Å². The van der Waals surface area contributed by atoms with Crippen molar-refractivity contribution in [3.8, 4) is 0 Å². The van der Waals surface area contributed by atoms with E-state index in [9.17, 15) is 4.79 Å². The molecule has 1 saturated heterocycles. The number of carbonyl (C=O) groups is 1. The topological polar surface area (TPSA) is 57.3 Å². The molecular weight excluding hydrogens is 288 g/mol. The third kappa shape index (κ3) is 4.29. The van der Waals surface area contributed by atoms with Gasteiger partial charge in [0.15, 0.2) is 0 Å². The van der Waals surface area contributed by atoms with Gasteiger partial charge in [-0.3, -0.25) is 15.2 Å². The first-order chi connectivity index (χ1) is 11.3. The second-order valence-electron chi connectivity index (χ2n) is 5.80. The molecule has 1 amide bonds. The van der Waals surface area contributed by atoms with Crippen LogP contribution in [-0.4, -0.2) is 24.0 Å². The van der Waals surface area contributed by atoms with Crippen molar-refractivity contribution in [2.45, 2.75) is 19.4 Å². The fourth-order valence-corrected chi connectivity index (χ4v) is 2.89. The number of hydrazine groups is 1. The fraction of sp³-hybridized carbons (Fsp3) is 0.333. The van der Waals surface area contributed by atoms with Crippen molar-refractivity contribution in [3.05, 3.63) is 60.4 Å². The number of anilines is 1. The van der Waals surface area contributed by atoms with Gasteiger partial charge in [-0.1, -0.05) is 30.3 Å². The van der Waals surface area contributed by atoms with E-state index in [1.807, 2.05) is 54.9 Å². The quantitative estimate of drug-likeness (QED) is 0.831. The maximum absolute atomic E-state index is 12.2. The van der Waals surface area contributed by atoms with Gasteiger partial charge in [0, 0.05) is 43.6 Å².